The van der Waals surface area contributed by atoms with Gasteiger partial charge in [-0.3, -0.25) is 4.79 Å². The first-order valence-electron chi connectivity index (χ1n) is 7.21. The molecule has 0 bridgehead atoms. The Hall–Kier alpha value is -2.21. The van der Waals surface area contributed by atoms with E-state index in [9.17, 15) is 4.79 Å². The lowest BCUT2D eigenvalue weighted by Gasteiger charge is -2.28. The van der Waals surface area contributed by atoms with E-state index in [2.05, 4.69) is 27.6 Å². The summed E-state index contributed by atoms with van der Waals surface area (Å²) in [5.74, 6) is -0.0314. The Labute approximate surface area is 123 Å². The molecule has 2 N–H and O–H groups in total. The predicted molar refractivity (Wildman–Crippen MR) is 79.3 cm³/mol. The average Bonchev–Trinajstić information content (AvgIpc) is 3.02. The molecule has 1 fully saturated rings. The van der Waals surface area contributed by atoms with Gasteiger partial charge in [0.2, 0.25) is 0 Å². The predicted octanol–water partition coefficient (Wildman–Crippen LogP) is 1.14. The molecule has 0 aliphatic carbocycles. The van der Waals surface area contributed by atoms with Crippen LogP contribution in [0.5, 0.6) is 0 Å². The molecule has 2 heterocycles. The van der Waals surface area contributed by atoms with Crippen molar-refractivity contribution in [2.75, 3.05) is 6.54 Å². The summed E-state index contributed by atoms with van der Waals surface area (Å²) in [4.78, 5) is 16.3. The SMILES string of the molecule is CC1CC(NC(=O)c2cccc(-n3cncn3)c2)CCN1. The molecule has 2 atom stereocenters. The van der Waals surface area contributed by atoms with Gasteiger partial charge in [0.25, 0.3) is 5.91 Å². The lowest BCUT2D eigenvalue weighted by molar-refractivity contribution is 0.0925. The van der Waals surface area contributed by atoms with Gasteiger partial charge in [0.1, 0.15) is 12.7 Å². The van der Waals surface area contributed by atoms with Crippen molar-refractivity contribution in [3.05, 3.63) is 42.5 Å². The summed E-state index contributed by atoms with van der Waals surface area (Å²) in [6.45, 7) is 3.09. The second-order valence-corrected chi connectivity index (χ2v) is 5.44. The normalized spacial score (nSPS) is 22.0. The topological polar surface area (TPSA) is 71.8 Å². The van der Waals surface area contributed by atoms with Gasteiger partial charge in [-0.25, -0.2) is 9.67 Å². The van der Waals surface area contributed by atoms with Crippen LogP contribution in [0.4, 0.5) is 0 Å². The van der Waals surface area contributed by atoms with Crippen molar-refractivity contribution in [3.63, 3.8) is 0 Å². The van der Waals surface area contributed by atoms with Crippen molar-refractivity contribution in [1.82, 2.24) is 25.4 Å². The van der Waals surface area contributed by atoms with Gasteiger partial charge in [0.15, 0.2) is 0 Å². The van der Waals surface area contributed by atoms with E-state index in [-0.39, 0.29) is 11.9 Å². The van der Waals surface area contributed by atoms with E-state index in [0.717, 1.165) is 25.1 Å². The third kappa shape index (κ3) is 3.28. The minimum atomic E-state index is -0.0314. The van der Waals surface area contributed by atoms with Crippen LogP contribution in [0.25, 0.3) is 5.69 Å². The van der Waals surface area contributed by atoms with Crippen LogP contribution in [0.3, 0.4) is 0 Å². The number of nitrogens with one attached hydrogen (secondary N) is 2. The Morgan fingerprint density at radius 2 is 2.38 bits per heavy atom. The van der Waals surface area contributed by atoms with Crippen LogP contribution >= 0.6 is 0 Å². The van der Waals surface area contributed by atoms with Gasteiger partial charge in [-0.2, -0.15) is 5.10 Å². The number of rotatable bonds is 3. The highest BCUT2D eigenvalue weighted by atomic mass is 16.1. The van der Waals surface area contributed by atoms with Crippen LogP contribution in [-0.2, 0) is 0 Å². The first-order chi connectivity index (χ1) is 10.2. The highest BCUT2D eigenvalue weighted by Crippen LogP contribution is 2.12. The Balaban J connectivity index is 1.71. The highest BCUT2D eigenvalue weighted by Gasteiger charge is 2.20. The summed E-state index contributed by atoms with van der Waals surface area (Å²) in [5.41, 5.74) is 1.48. The molecule has 1 amide bonds. The number of hydrogen-bond acceptors (Lipinski definition) is 4. The van der Waals surface area contributed by atoms with Crippen LogP contribution in [0.1, 0.15) is 30.1 Å². The zero-order chi connectivity index (χ0) is 14.7. The van der Waals surface area contributed by atoms with Gasteiger partial charge in [0, 0.05) is 17.6 Å². The largest absolute Gasteiger partial charge is 0.349 e. The summed E-state index contributed by atoms with van der Waals surface area (Å²) >= 11 is 0. The Morgan fingerprint density at radius 3 is 3.14 bits per heavy atom. The van der Waals surface area contributed by atoms with Crippen LogP contribution in [-0.4, -0.2) is 39.3 Å². The van der Waals surface area contributed by atoms with E-state index < -0.39 is 0 Å². The standard InChI is InChI=1S/C15H19N5O/c1-11-7-13(5-6-17-11)19-15(21)12-3-2-4-14(8-12)20-10-16-9-18-20/h2-4,8-11,13,17H,5-7H2,1H3,(H,19,21). The quantitative estimate of drug-likeness (QED) is 0.887. The van der Waals surface area contributed by atoms with Gasteiger partial charge < -0.3 is 10.6 Å². The summed E-state index contributed by atoms with van der Waals surface area (Å²) in [6.07, 6.45) is 5.03. The monoisotopic (exact) mass is 285 g/mol. The van der Waals surface area contributed by atoms with E-state index in [1.807, 2.05) is 24.3 Å². The second-order valence-electron chi connectivity index (χ2n) is 5.44. The molecule has 2 unspecified atom stereocenters. The molecular formula is C15H19N5O. The molecule has 2 aromatic rings. The first-order valence-corrected chi connectivity index (χ1v) is 7.21. The summed E-state index contributed by atoms with van der Waals surface area (Å²) < 4.78 is 1.64. The lowest BCUT2D eigenvalue weighted by Crippen LogP contribution is -2.46. The van der Waals surface area contributed by atoms with Crippen molar-refractivity contribution in [2.45, 2.75) is 31.8 Å². The molecule has 6 nitrogen and oxygen atoms in total. The van der Waals surface area contributed by atoms with Crippen molar-refractivity contribution in [2.24, 2.45) is 0 Å². The molecule has 1 aromatic heterocycles. The minimum Gasteiger partial charge on any atom is -0.349 e. The van der Waals surface area contributed by atoms with Gasteiger partial charge >= 0.3 is 0 Å². The third-order valence-corrected chi connectivity index (χ3v) is 3.75. The number of hydrogen-bond donors (Lipinski definition) is 2. The molecule has 3 rings (SSSR count). The molecular weight excluding hydrogens is 266 g/mol. The maximum atomic E-state index is 12.4. The number of carbonyl (C=O) groups excluding carboxylic acids is 1. The van der Waals surface area contributed by atoms with Crippen molar-refractivity contribution in [3.8, 4) is 5.69 Å². The van der Waals surface area contributed by atoms with E-state index in [1.54, 1.807) is 11.0 Å². The van der Waals surface area contributed by atoms with E-state index in [0.29, 0.717) is 11.6 Å². The van der Waals surface area contributed by atoms with Gasteiger partial charge in [-0.15, -0.1) is 0 Å². The molecule has 0 saturated carbocycles. The fourth-order valence-corrected chi connectivity index (χ4v) is 2.66. The number of benzene rings is 1. The Morgan fingerprint density at radius 1 is 1.48 bits per heavy atom. The number of nitrogens with zero attached hydrogens (tertiary/aromatic N) is 3. The molecule has 1 saturated heterocycles. The Kier molecular flexibility index (Phi) is 3.96. The van der Waals surface area contributed by atoms with Gasteiger partial charge in [0.05, 0.1) is 5.69 Å². The summed E-state index contributed by atoms with van der Waals surface area (Å²) in [5, 5.41) is 10.6. The summed E-state index contributed by atoms with van der Waals surface area (Å²) in [6, 6.07) is 8.10. The molecule has 1 aromatic carbocycles. The number of aromatic nitrogens is 3. The van der Waals surface area contributed by atoms with E-state index in [4.69, 9.17) is 0 Å². The molecule has 0 radical (unpaired) electrons. The van der Waals surface area contributed by atoms with Crippen molar-refractivity contribution < 1.29 is 4.79 Å². The van der Waals surface area contributed by atoms with Crippen LogP contribution < -0.4 is 10.6 Å². The highest BCUT2D eigenvalue weighted by molar-refractivity contribution is 5.94. The van der Waals surface area contributed by atoms with Crippen molar-refractivity contribution >= 4 is 5.91 Å². The Bertz CT molecular complexity index is 610. The molecule has 21 heavy (non-hydrogen) atoms. The minimum absolute atomic E-state index is 0.0314. The van der Waals surface area contributed by atoms with Crippen LogP contribution in [0, 0.1) is 0 Å². The second kappa shape index (κ2) is 6.05. The zero-order valence-corrected chi connectivity index (χ0v) is 12.0. The lowest BCUT2D eigenvalue weighted by atomic mass is 10.0. The molecule has 1 aliphatic rings. The van der Waals surface area contributed by atoms with E-state index in [1.165, 1.54) is 6.33 Å². The summed E-state index contributed by atoms with van der Waals surface area (Å²) in [7, 11) is 0. The average molecular weight is 285 g/mol. The molecule has 110 valence electrons. The molecule has 0 spiro atoms. The molecule has 6 heteroatoms. The maximum absolute atomic E-state index is 12.4. The number of carbonyl (C=O) groups is 1. The number of piperidine rings is 1. The van der Waals surface area contributed by atoms with Crippen LogP contribution in [0.15, 0.2) is 36.9 Å². The van der Waals surface area contributed by atoms with E-state index >= 15 is 0 Å². The van der Waals surface area contributed by atoms with Crippen molar-refractivity contribution in [1.29, 1.82) is 0 Å². The fourth-order valence-electron chi connectivity index (χ4n) is 2.66. The van der Waals surface area contributed by atoms with Crippen LogP contribution in [0.2, 0.25) is 0 Å². The van der Waals surface area contributed by atoms with Gasteiger partial charge in [-0.05, 0) is 44.5 Å². The fraction of sp³-hybridized carbons (Fsp3) is 0.400. The van der Waals surface area contributed by atoms with Gasteiger partial charge in [-0.1, -0.05) is 6.07 Å². The zero-order valence-electron chi connectivity index (χ0n) is 12.0. The maximum Gasteiger partial charge on any atom is 0.251 e. The molecule has 1 aliphatic heterocycles. The third-order valence-electron chi connectivity index (χ3n) is 3.75. The number of amides is 1. The first kappa shape index (κ1) is 13.8. The smallest absolute Gasteiger partial charge is 0.251 e.